The molecule has 1 aliphatic rings. The van der Waals surface area contributed by atoms with Crippen LogP contribution in [0.4, 0.5) is 10.5 Å². The molecule has 0 aromatic heterocycles. The topological polar surface area (TPSA) is 105 Å². The lowest BCUT2D eigenvalue weighted by molar-refractivity contribution is -0.129. The van der Waals surface area contributed by atoms with Crippen molar-refractivity contribution < 1.29 is 28.5 Å². The second-order valence-electron chi connectivity index (χ2n) is 5.60. The summed E-state index contributed by atoms with van der Waals surface area (Å²) in [6.07, 6.45) is 0.268. The fourth-order valence-electron chi connectivity index (χ4n) is 2.49. The van der Waals surface area contributed by atoms with Crippen LogP contribution in [-0.4, -0.2) is 59.3 Å². The first-order chi connectivity index (χ1) is 13.5. The van der Waals surface area contributed by atoms with Gasteiger partial charge in [0.05, 0.1) is 6.54 Å². The van der Waals surface area contributed by atoms with Crippen molar-refractivity contribution in [1.29, 1.82) is 0 Å². The van der Waals surface area contributed by atoms with Crippen LogP contribution in [-0.2, 0) is 25.1 Å². The summed E-state index contributed by atoms with van der Waals surface area (Å²) in [4.78, 5) is 25.1. The predicted octanol–water partition coefficient (Wildman–Crippen LogP) is 1.45. The molecule has 9 heteroatoms. The quantitative estimate of drug-likeness (QED) is 0.320. The van der Waals surface area contributed by atoms with E-state index >= 15 is 0 Å². The molecule has 1 aromatic carbocycles. The summed E-state index contributed by atoms with van der Waals surface area (Å²) in [7, 11) is 0.0545. The van der Waals surface area contributed by atoms with Gasteiger partial charge in [0.2, 0.25) is 0 Å². The number of cyclic esters (lactones) is 1. The smallest absolute Gasteiger partial charge is 0.414 e. The molecular formula is C19H24N2O6S. The van der Waals surface area contributed by atoms with Crippen LogP contribution in [0.2, 0.25) is 0 Å². The number of nitrogens with zero attached hydrogens (tertiary/aromatic N) is 1. The van der Waals surface area contributed by atoms with Gasteiger partial charge in [-0.2, -0.15) is 0 Å². The predicted molar refractivity (Wildman–Crippen MR) is 106 cm³/mol. The molecule has 3 atom stereocenters. The van der Waals surface area contributed by atoms with Gasteiger partial charge >= 0.3 is 6.09 Å². The fourth-order valence-corrected chi connectivity index (χ4v) is 3.33. The number of methoxy groups -OCH3 is 1. The zero-order valence-electron chi connectivity index (χ0n) is 15.8. The molecule has 1 aliphatic heterocycles. The van der Waals surface area contributed by atoms with Gasteiger partial charge in [-0.1, -0.05) is 11.8 Å². The van der Waals surface area contributed by atoms with Crippen molar-refractivity contribution in [1.82, 2.24) is 5.48 Å². The lowest BCUT2D eigenvalue weighted by Crippen LogP contribution is -2.38. The van der Waals surface area contributed by atoms with Crippen molar-refractivity contribution in [2.75, 3.05) is 31.4 Å². The fraction of sp³-hybridized carbons (Fsp3) is 0.368. The first kappa shape index (κ1) is 23.4. The molecule has 3 unspecified atom stereocenters. The van der Waals surface area contributed by atoms with Crippen LogP contribution in [0.15, 0.2) is 37.4 Å². The largest absolute Gasteiger partial charge is 0.444 e. The third-order valence-corrected chi connectivity index (χ3v) is 4.99. The van der Waals surface area contributed by atoms with E-state index in [0.717, 1.165) is 5.56 Å². The minimum Gasteiger partial charge on any atom is -0.444 e. The number of hydrogen-bond donors (Lipinski definition) is 2. The van der Waals surface area contributed by atoms with Crippen molar-refractivity contribution in [3.8, 4) is 11.8 Å². The van der Waals surface area contributed by atoms with E-state index in [1.807, 2.05) is 0 Å². The van der Waals surface area contributed by atoms with Crippen LogP contribution >= 0.6 is 0 Å². The van der Waals surface area contributed by atoms with E-state index in [0.29, 0.717) is 12.3 Å². The molecular weight excluding hydrogens is 384 g/mol. The average molecular weight is 408 g/mol. The van der Waals surface area contributed by atoms with Crippen LogP contribution in [0.3, 0.4) is 0 Å². The molecule has 2 N–H and O–H groups in total. The molecule has 152 valence electrons. The van der Waals surface area contributed by atoms with E-state index in [1.165, 1.54) is 16.6 Å². The van der Waals surface area contributed by atoms with E-state index in [-0.39, 0.29) is 13.0 Å². The minimum absolute atomic E-state index is 0.0539. The molecule has 1 heterocycles. The van der Waals surface area contributed by atoms with E-state index < -0.39 is 34.2 Å². The SMILES string of the molecule is C=C.COCC#Cc1ccc(N2CC(CC(C(=O)NO)S(C)=O)OC2=O)cc1. The molecule has 0 bridgehead atoms. The van der Waals surface area contributed by atoms with Gasteiger partial charge in [-0.15, -0.1) is 13.2 Å². The number of hydrogen-bond acceptors (Lipinski definition) is 6. The summed E-state index contributed by atoms with van der Waals surface area (Å²) < 4.78 is 21.8. The van der Waals surface area contributed by atoms with Gasteiger partial charge in [-0.05, 0) is 24.3 Å². The zero-order valence-corrected chi connectivity index (χ0v) is 16.7. The highest BCUT2D eigenvalue weighted by Crippen LogP contribution is 2.24. The van der Waals surface area contributed by atoms with E-state index in [4.69, 9.17) is 14.7 Å². The van der Waals surface area contributed by atoms with Crippen LogP contribution in [0.25, 0.3) is 0 Å². The molecule has 8 nitrogen and oxygen atoms in total. The average Bonchev–Trinajstić information content (AvgIpc) is 3.08. The zero-order chi connectivity index (χ0) is 21.1. The lowest BCUT2D eigenvalue weighted by atomic mass is 10.1. The number of ether oxygens (including phenoxy) is 2. The highest BCUT2D eigenvalue weighted by atomic mass is 32.2. The van der Waals surface area contributed by atoms with Crippen molar-refractivity contribution in [2.45, 2.75) is 17.8 Å². The number of nitrogens with one attached hydrogen (secondary N) is 1. The number of anilines is 1. The molecule has 1 fully saturated rings. The first-order valence-electron chi connectivity index (χ1n) is 8.28. The normalized spacial score (nSPS) is 17.3. The molecule has 0 spiro atoms. The van der Waals surface area contributed by atoms with Crippen molar-refractivity contribution in [3.05, 3.63) is 43.0 Å². The maximum Gasteiger partial charge on any atom is 0.414 e. The summed E-state index contributed by atoms with van der Waals surface area (Å²) in [6, 6.07) is 7.05. The molecule has 0 saturated carbocycles. The van der Waals surface area contributed by atoms with Gasteiger partial charge < -0.3 is 9.47 Å². The van der Waals surface area contributed by atoms with Crippen LogP contribution < -0.4 is 10.4 Å². The summed E-state index contributed by atoms with van der Waals surface area (Å²) in [5, 5.41) is 7.78. The molecule has 28 heavy (non-hydrogen) atoms. The molecule has 2 amide bonds. The van der Waals surface area contributed by atoms with Crippen LogP contribution in [0.5, 0.6) is 0 Å². The number of carbonyl (C=O) groups is 2. The van der Waals surface area contributed by atoms with Gasteiger partial charge in [0, 0.05) is 41.8 Å². The van der Waals surface area contributed by atoms with E-state index in [1.54, 1.807) is 31.4 Å². The number of hydroxylamine groups is 1. The van der Waals surface area contributed by atoms with Gasteiger partial charge in [0.1, 0.15) is 18.0 Å². The Morgan fingerprint density at radius 2 is 2.11 bits per heavy atom. The minimum atomic E-state index is -1.51. The summed E-state index contributed by atoms with van der Waals surface area (Å²) in [5.41, 5.74) is 2.92. The molecule has 0 radical (unpaired) electrons. The van der Waals surface area contributed by atoms with Gasteiger partial charge in [0.25, 0.3) is 5.91 Å². The first-order valence-corrected chi connectivity index (χ1v) is 9.90. The monoisotopic (exact) mass is 408 g/mol. The Balaban J connectivity index is 0.00000190. The Bertz CT molecular complexity index is 756. The number of carbonyl (C=O) groups excluding carboxylic acids is 2. The van der Waals surface area contributed by atoms with Crippen molar-refractivity contribution in [3.63, 3.8) is 0 Å². The number of amides is 2. The van der Waals surface area contributed by atoms with Crippen molar-refractivity contribution in [2.24, 2.45) is 0 Å². The third-order valence-electron chi connectivity index (χ3n) is 3.78. The Hall–Kier alpha value is -2.67. The van der Waals surface area contributed by atoms with Gasteiger partial charge in [-0.25, -0.2) is 10.3 Å². The molecule has 0 aliphatic carbocycles. The van der Waals surface area contributed by atoms with Crippen LogP contribution in [0, 0.1) is 11.8 Å². The maximum absolute atomic E-state index is 12.1. The number of benzene rings is 1. The lowest BCUT2D eigenvalue weighted by Gasteiger charge is -2.16. The standard InChI is InChI=1S/C17H20N2O6S.C2H4/c1-24-9-3-4-12-5-7-13(8-6-12)19-11-14(25-17(19)21)10-15(26(2)23)16(20)18-22;1-2/h5-8,14-15,22H,9-11H2,1-2H3,(H,18,20);1-2H2. The second-order valence-corrected chi connectivity index (χ2v) is 7.16. The maximum atomic E-state index is 12.1. The van der Waals surface area contributed by atoms with Gasteiger partial charge in [0.15, 0.2) is 0 Å². The molecule has 1 aromatic rings. The highest BCUT2D eigenvalue weighted by molar-refractivity contribution is 7.85. The van der Waals surface area contributed by atoms with Crippen molar-refractivity contribution >= 4 is 28.5 Å². The van der Waals surface area contributed by atoms with E-state index in [2.05, 4.69) is 25.0 Å². The highest BCUT2D eigenvalue weighted by Gasteiger charge is 2.36. The summed E-state index contributed by atoms with van der Waals surface area (Å²) in [6.45, 7) is 6.56. The van der Waals surface area contributed by atoms with E-state index in [9.17, 15) is 13.8 Å². The summed E-state index contributed by atoms with van der Waals surface area (Å²) >= 11 is 0. The van der Waals surface area contributed by atoms with Gasteiger partial charge in [-0.3, -0.25) is 19.1 Å². The third kappa shape index (κ3) is 6.49. The molecule has 2 rings (SSSR count). The Morgan fingerprint density at radius 3 is 2.64 bits per heavy atom. The molecule has 1 saturated heterocycles. The number of rotatable bonds is 6. The Morgan fingerprint density at radius 1 is 1.46 bits per heavy atom. The Kier molecular flexibility index (Phi) is 9.95. The van der Waals surface area contributed by atoms with Crippen LogP contribution in [0.1, 0.15) is 12.0 Å². The Labute approximate surface area is 166 Å². The second kappa shape index (κ2) is 11.9. The summed E-state index contributed by atoms with van der Waals surface area (Å²) in [5.74, 6) is 5.00.